The van der Waals surface area contributed by atoms with Gasteiger partial charge in [-0.25, -0.2) is 13.1 Å². The van der Waals surface area contributed by atoms with Gasteiger partial charge in [0, 0.05) is 6.54 Å². The molecule has 0 saturated heterocycles. The molecule has 2 aromatic rings. The van der Waals surface area contributed by atoms with Crippen molar-refractivity contribution in [3.8, 4) is 11.5 Å². The predicted octanol–water partition coefficient (Wildman–Crippen LogP) is 4.10. The molecule has 5 nitrogen and oxygen atoms in total. The number of ether oxygens (including phenoxy) is 2. The van der Waals surface area contributed by atoms with Gasteiger partial charge < -0.3 is 9.47 Å². The van der Waals surface area contributed by atoms with Crippen molar-refractivity contribution in [2.75, 3.05) is 20.3 Å². The first-order valence-electron chi connectivity index (χ1n) is 9.04. The lowest BCUT2D eigenvalue weighted by atomic mass is 10.0. The van der Waals surface area contributed by atoms with Crippen LogP contribution in [0.5, 0.6) is 11.5 Å². The van der Waals surface area contributed by atoms with Crippen molar-refractivity contribution in [2.45, 2.75) is 45.4 Å². The summed E-state index contributed by atoms with van der Waals surface area (Å²) >= 11 is 0. The van der Waals surface area contributed by atoms with E-state index in [1.54, 1.807) is 26.2 Å². The predicted molar refractivity (Wildman–Crippen MR) is 108 cm³/mol. The first-order chi connectivity index (χ1) is 12.7. The minimum absolute atomic E-state index is 0.155. The largest absolute Gasteiger partial charge is 0.496 e. The van der Waals surface area contributed by atoms with E-state index in [0.717, 1.165) is 22.4 Å². The highest BCUT2D eigenvalue weighted by Crippen LogP contribution is 2.31. The Balaban J connectivity index is 2.10. The Hall–Kier alpha value is -2.05. The normalized spacial score (nSPS) is 11.7. The molecular formula is C21H29NO4S. The molecule has 0 aliphatic rings. The van der Waals surface area contributed by atoms with E-state index in [9.17, 15) is 8.42 Å². The summed E-state index contributed by atoms with van der Waals surface area (Å²) in [5.74, 6) is 1.64. The standard InChI is InChI=1S/C21H29NO4S/c1-14(2)18-13-21(17(5)12-20(18)25-6)27(23,24)22-9-10-26-19-11-15(3)7-8-16(19)4/h7-8,11-14,22H,9-10H2,1-6H3. The maximum Gasteiger partial charge on any atom is 0.240 e. The van der Waals surface area contributed by atoms with Gasteiger partial charge in [0.1, 0.15) is 18.1 Å². The topological polar surface area (TPSA) is 64.6 Å². The molecule has 1 N–H and O–H groups in total. The van der Waals surface area contributed by atoms with Crippen molar-refractivity contribution in [3.63, 3.8) is 0 Å². The Kier molecular flexibility index (Phi) is 6.89. The number of methoxy groups -OCH3 is 1. The van der Waals surface area contributed by atoms with Gasteiger partial charge in [0.2, 0.25) is 10.0 Å². The van der Waals surface area contributed by atoms with Gasteiger partial charge in [-0.3, -0.25) is 0 Å². The number of aryl methyl sites for hydroxylation is 3. The first-order valence-corrected chi connectivity index (χ1v) is 10.5. The second-order valence-corrected chi connectivity index (χ2v) is 8.76. The lowest BCUT2D eigenvalue weighted by Crippen LogP contribution is -2.29. The third-order valence-corrected chi connectivity index (χ3v) is 6.04. The van der Waals surface area contributed by atoms with Crippen LogP contribution >= 0.6 is 0 Å². The van der Waals surface area contributed by atoms with Crippen LogP contribution in [0.1, 0.15) is 42.0 Å². The summed E-state index contributed by atoms with van der Waals surface area (Å²) in [6.45, 7) is 10.2. The Morgan fingerprint density at radius 2 is 1.70 bits per heavy atom. The molecule has 0 aromatic heterocycles. The summed E-state index contributed by atoms with van der Waals surface area (Å²) in [5, 5.41) is 0. The molecule has 0 saturated carbocycles. The lowest BCUT2D eigenvalue weighted by Gasteiger charge is -2.17. The van der Waals surface area contributed by atoms with Crippen molar-refractivity contribution >= 4 is 10.0 Å². The Morgan fingerprint density at radius 3 is 2.33 bits per heavy atom. The molecule has 0 amide bonds. The molecule has 148 valence electrons. The number of hydrogen-bond acceptors (Lipinski definition) is 4. The van der Waals surface area contributed by atoms with E-state index in [1.165, 1.54) is 0 Å². The Bertz CT molecular complexity index is 905. The summed E-state index contributed by atoms with van der Waals surface area (Å²) in [4.78, 5) is 0.277. The summed E-state index contributed by atoms with van der Waals surface area (Å²) in [6, 6.07) is 9.43. The van der Waals surface area contributed by atoms with E-state index in [0.29, 0.717) is 11.3 Å². The van der Waals surface area contributed by atoms with Crippen LogP contribution in [0, 0.1) is 20.8 Å². The number of nitrogens with one attached hydrogen (secondary N) is 1. The summed E-state index contributed by atoms with van der Waals surface area (Å²) in [6.07, 6.45) is 0. The SMILES string of the molecule is COc1cc(C)c(S(=O)(=O)NCCOc2cc(C)ccc2C)cc1C(C)C. The monoisotopic (exact) mass is 391 g/mol. The van der Waals surface area contributed by atoms with E-state index in [4.69, 9.17) is 9.47 Å². The van der Waals surface area contributed by atoms with Gasteiger partial charge in [0.15, 0.2) is 0 Å². The molecule has 0 aliphatic heterocycles. The molecule has 2 aromatic carbocycles. The highest BCUT2D eigenvalue weighted by atomic mass is 32.2. The van der Waals surface area contributed by atoms with Crippen LogP contribution in [-0.2, 0) is 10.0 Å². The highest BCUT2D eigenvalue weighted by Gasteiger charge is 2.20. The van der Waals surface area contributed by atoms with E-state index in [2.05, 4.69) is 4.72 Å². The average molecular weight is 392 g/mol. The van der Waals surface area contributed by atoms with Gasteiger partial charge in [-0.1, -0.05) is 26.0 Å². The second kappa shape index (κ2) is 8.76. The van der Waals surface area contributed by atoms with Gasteiger partial charge in [-0.15, -0.1) is 0 Å². The molecule has 2 rings (SSSR count). The van der Waals surface area contributed by atoms with Crippen molar-refractivity contribution in [1.29, 1.82) is 0 Å². The third-order valence-electron chi connectivity index (χ3n) is 4.43. The van der Waals surface area contributed by atoms with Crippen LogP contribution in [0.25, 0.3) is 0 Å². The number of benzene rings is 2. The average Bonchev–Trinajstić information content (AvgIpc) is 2.60. The third kappa shape index (κ3) is 5.23. The van der Waals surface area contributed by atoms with Gasteiger partial charge >= 0.3 is 0 Å². The molecule has 0 heterocycles. The van der Waals surface area contributed by atoms with Crippen LogP contribution in [0.15, 0.2) is 35.2 Å². The Labute approximate surface area is 162 Å². The quantitative estimate of drug-likeness (QED) is 0.688. The van der Waals surface area contributed by atoms with Crippen molar-refractivity contribution in [1.82, 2.24) is 4.72 Å². The van der Waals surface area contributed by atoms with E-state index >= 15 is 0 Å². The van der Waals surface area contributed by atoms with Crippen molar-refractivity contribution in [2.24, 2.45) is 0 Å². The fraction of sp³-hybridized carbons (Fsp3) is 0.429. The molecular weight excluding hydrogens is 362 g/mol. The second-order valence-electron chi connectivity index (χ2n) is 7.03. The molecule has 0 atom stereocenters. The van der Waals surface area contributed by atoms with Crippen LogP contribution in [-0.4, -0.2) is 28.7 Å². The van der Waals surface area contributed by atoms with Crippen LogP contribution < -0.4 is 14.2 Å². The maximum absolute atomic E-state index is 12.8. The van der Waals surface area contributed by atoms with E-state index in [1.807, 2.05) is 45.9 Å². The molecule has 0 radical (unpaired) electrons. The van der Waals surface area contributed by atoms with Gasteiger partial charge in [-0.05, 0) is 67.1 Å². The fourth-order valence-electron chi connectivity index (χ4n) is 2.87. The molecule has 0 spiro atoms. The van der Waals surface area contributed by atoms with Gasteiger partial charge in [0.05, 0.1) is 12.0 Å². The van der Waals surface area contributed by atoms with E-state index in [-0.39, 0.29) is 24.0 Å². The smallest absolute Gasteiger partial charge is 0.240 e. The zero-order valence-electron chi connectivity index (χ0n) is 16.9. The molecule has 0 fully saturated rings. The maximum atomic E-state index is 12.8. The molecule has 0 bridgehead atoms. The summed E-state index contributed by atoms with van der Waals surface area (Å²) in [5.41, 5.74) is 3.65. The Morgan fingerprint density at radius 1 is 1.00 bits per heavy atom. The minimum atomic E-state index is -3.63. The minimum Gasteiger partial charge on any atom is -0.496 e. The number of rotatable bonds is 8. The van der Waals surface area contributed by atoms with Crippen molar-refractivity contribution < 1.29 is 17.9 Å². The fourth-order valence-corrected chi connectivity index (χ4v) is 4.14. The molecule has 6 heteroatoms. The van der Waals surface area contributed by atoms with Gasteiger partial charge in [-0.2, -0.15) is 0 Å². The first kappa shape index (κ1) is 21.3. The number of hydrogen-bond donors (Lipinski definition) is 1. The number of sulfonamides is 1. The van der Waals surface area contributed by atoms with Gasteiger partial charge in [0.25, 0.3) is 0 Å². The zero-order valence-corrected chi connectivity index (χ0v) is 17.7. The molecule has 0 unspecified atom stereocenters. The molecule has 27 heavy (non-hydrogen) atoms. The summed E-state index contributed by atoms with van der Waals surface area (Å²) < 4.78 is 39.3. The lowest BCUT2D eigenvalue weighted by molar-refractivity contribution is 0.320. The van der Waals surface area contributed by atoms with E-state index < -0.39 is 10.0 Å². The molecule has 0 aliphatic carbocycles. The summed E-state index contributed by atoms with van der Waals surface area (Å²) in [7, 11) is -2.04. The zero-order chi connectivity index (χ0) is 20.2. The highest BCUT2D eigenvalue weighted by molar-refractivity contribution is 7.89. The van der Waals surface area contributed by atoms with Crippen LogP contribution in [0.3, 0.4) is 0 Å². The van der Waals surface area contributed by atoms with Crippen LogP contribution in [0.4, 0.5) is 0 Å². The van der Waals surface area contributed by atoms with Crippen molar-refractivity contribution in [3.05, 3.63) is 52.6 Å². The van der Waals surface area contributed by atoms with Crippen LogP contribution in [0.2, 0.25) is 0 Å².